The Hall–Kier alpha value is -3.10. The number of benzene rings is 2. The fraction of sp³-hybridized carbons (Fsp3) is 0.227. The van der Waals surface area contributed by atoms with Crippen LogP contribution < -0.4 is 14.8 Å². The Labute approximate surface area is 188 Å². The van der Waals surface area contributed by atoms with Gasteiger partial charge < -0.3 is 19.5 Å². The van der Waals surface area contributed by atoms with Gasteiger partial charge in [0.2, 0.25) is 5.91 Å². The van der Waals surface area contributed by atoms with Crippen LogP contribution in [0.15, 0.2) is 47.8 Å². The number of carbonyl (C=O) groups excluding carboxylic acids is 2. The zero-order valence-electron chi connectivity index (χ0n) is 17.0. The molecule has 0 fully saturated rings. The summed E-state index contributed by atoms with van der Waals surface area (Å²) in [5.41, 5.74) is 1.83. The molecule has 162 valence electrons. The Morgan fingerprint density at radius 2 is 1.90 bits per heavy atom. The molecule has 3 aromatic rings. The molecule has 0 saturated carbocycles. The molecular weight excluding hydrogens is 440 g/mol. The molecule has 1 heterocycles. The van der Waals surface area contributed by atoms with Crippen molar-refractivity contribution in [3.8, 4) is 11.5 Å². The first-order chi connectivity index (χ1) is 15.0. The number of hydrogen-bond donors (Lipinski definition) is 1. The molecule has 0 aliphatic rings. The molecule has 9 heteroatoms. The van der Waals surface area contributed by atoms with Gasteiger partial charge in [0.15, 0.2) is 11.5 Å². The van der Waals surface area contributed by atoms with Crippen LogP contribution in [0.3, 0.4) is 0 Å². The number of nitrogens with one attached hydrogen (secondary N) is 1. The number of nitrogens with zero attached hydrogens (tertiary/aromatic N) is 1. The van der Waals surface area contributed by atoms with E-state index in [-0.39, 0.29) is 29.5 Å². The average Bonchev–Trinajstić information content (AvgIpc) is 3.23. The van der Waals surface area contributed by atoms with E-state index in [2.05, 4.69) is 10.3 Å². The molecule has 0 atom stereocenters. The second-order valence-corrected chi connectivity index (χ2v) is 7.79. The van der Waals surface area contributed by atoms with E-state index in [0.717, 1.165) is 5.56 Å². The Morgan fingerprint density at radius 3 is 2.61 bits per heavy atom. The van der Waals surface area contributed by atoms with Crippen LogP contribution in [0.4, 0.5) is 0 Å². The summed E-state index contributed by atoms with van der Waals surface area (Å²) in [5.74, 6) is -0.0189. The highest BCUT2D eigenvalue weighted by Crippen LogP contribution is 2.36. The van der Waals surface area contributed by atoms with Gasteiger partial charge in [0.05, 0.1) is 36.9 Å². The van der Waals surface area contributed by atoms with Gasteiger partial charge in [0.25, 0.3) is 0 Å². The highest BCUT2D eigenvalue weighted by atomic mass is 35.5. The van der Waals surface area contributed by atoms with Crippen molar-refractivity contribution in [1.82, 2.24) is 10.3 Å². The topological polar surface area (TPSA) is 86.8 Å². The Kier molecular flexibility index (Phi) is 7.86. The molecule has 1 aromatic heterocycles. The molecule has 0 aliphatic carbocycles. The number of amides is 1. The summed E-state index contributed by atoms with van der Waals surface area (Å²) in [6.07, 6.45) is 0.163. The lowest BCUT2D eigenvalue weighted by Crippen LogP contribution is -2.24. The fourth-order valence-corrected chi connectivity index (χ4v) is 3.82. The Morgan fingerprint density at radius 1 is 1.13 bits per heavy atom. The van der Waals surface area contributed by atoms with E-state index in [4.69, 9.17) is 25.8 Å². The Balaban J connectivity index is 1.52. The van der Waals surface area contributed by atoms with Crippen molar-refractivity contribution in [2.75, 3.05) is 14.2 Å². The molecule has 0 saturated heterocycles. The first kappa shape index (κ1) is 22.6. The van der Waals surface area contributed by atoms with Gasteiger partial charge in [-0.1, -0.05) is 41.9 Å². The van der Waals surface area contributed by atoms with E-state index >= 15 is 0 Å². The largest absolute Gasteiger partial charge is 0.493 e. The quantitative estimate of drug-likeness (QED) is 0.485. The molecular formula is C22H21ClN2O5S. The maximum atomic E-state index is 12.4. The summed E-state index contributed by atoms with van der Waals surface area (Å²) in [6.45, 7) is 0.441. The first-order valence-electron chi connectivity index (χ1n) is 9.32. The van der Waals surface area contributed by atoms with E-state index in [9.17, 15) is 9.59 Å². The van der Waals surface area contributed by atoms with Crippen molar-refractivity contribution in [1.29, 1.82) is 0 Å². The number of ether oxygens (including phenoxy) is 3. The highest BCUT2D eigenvalue weighted by Gasteiger charge is 2.17. The second kappa shape index (κ2) is 10.8. The zero-order valence-corrected chi connectivity index (χ0v) is 18.6. The highest BCUT2D eigenvalue weighted by molar-refractivity contribution is 7.09. The van der Waals surface area contributed by atoms with Gasteiger partial charge in [-0.05, 0) is 17.7 Å². The molecule has 0 aliphatic heterocycles. The van der Waals surface area contributed by atoms with Crippen molar-refractivity contribution in [2.45, 2.75) is 19.6 Å². The van der Waals surface area contributed by atoms with Gasteiger partial charge in [-0.25, -0.2) is 9.78 Å². The maximum absolute atomic E-state index is 12.4. The van der Waals surface area contributed by atoms with Gasteiger partial charge in [0.1, 0.15) is 11.6 Å². The summed E-state index contributed by atoms with van der Waals surface area (Å²) in [5, 5.41) is 5.51. The Bertz CT molecular complexity index is 1060. The van der Waals surface area contributed by atoms with Crippen molar-refractivity contribution in [2.24, 2.45) is 0 Å². The average molecular weight is 461 g/mol. The lowest BCUT2D eigenvalue weighted by Gasteiger charge is -2.11. The summed E-state index contributed by atoms with van der Waals surface area (Å²) >= 11 is 7.47. The third kappa shape index (κ3) is 6.19. The van der Waals surface area contributed by atoms with Crippen LogP contribution in [0.2, 0.25) is 5.02 Å². The van der Waals surface area contributed by atoms with E-state index in [1.807, 2.05) is 30.3 Å². The van der Waals surface area contributed by atoms with Crippen LogP contribution in [-0.2, 0) is 29.1 Å². The number of thiazole rings is 1. The smallest absolute Gasteiger partial charge is 0.338 e. The number of aromatic nitrogens is 1. The van der Waals surface area contributed by atoms with Gasteiger partial charge in [-0.3, -0.25) is 4.79 Å². The minimum absolute atomic E-state index is 0.0209. The molecule has 31 heavy (non-hydrogen) atoms. The van der Waals surface area contributed by atoms with Crippen molar-refractivity contribution >= 4 is 34.8 Å². The third-order valence-corrected chi connectivity index (χ3v) is 5.44. The van der Waals surface area contributed by atoms with Gasteiger partial charge >= 0.3 is 5.97 Å². The van der Waals surface area contributed by atoms with E-state index in [1.165, 1.54) is 37.7 Å². The normalized spacial score (nSPS) is 10.4. The van der Waals surface area contributed by atoms with Crippen molar-refractivity contribution < 1.29 is 23.8 Å². The van der Waals surface area contributed by atoms with Crippen molar-refractivity contribution in [3.63, 3.8) is 0 Å². The molecule has 3 rings (SSSR count). The van der Waals surface area contributed by atoms with Crippen LogP contribution in [0.25, 0.3) is 0 Å². The molecule has 1 amide bonds. The summed E-state index contributed by atoms with van der Waals surface area (Å²) in [6, 6.07) is 12.6. The van der Waals surface area contributed by atoms with E-state index in [1.54, 1.807) is 5.38 Å². The standard InChI is InChI=1S/C22H21ClN2O5S/c1-28-18-9-15(8-17(23)21(18)29-2)22(27)30-12-16-13-31-20(25-16)10-19(26)24-11-14-6-4-3-5-7-14/h3-9,13H,10-12H2,1-2H3,(H,24,26). The molecule has 7 nitrogen and oxygen atoms in total. The number of rotatable bonds is 9. The minimum atomic E-state index is -0.571. The molecule has 0 radical (unpaired) electrons. The van der Waals surface area contributed by atoms with Crippen LogP contribution in [0.1, 0.15) is 26.6 Å². The fourth-order valence-electron chi connectivity index (χ4n) is 2.75. The predicted octanol–water partition coefficient (Wildman–Crippen LogP) is 4.03. The molecule has 0 spiro atoms. The van der Waals surface area contributed by atoms with E-state index < -0.39 is 5.97 Å². The molecule has 2 aromatic carbocycles. The molecule has 0 bridgehead atoms. The monoisotopic (exact) mass is 460 g/mol. The first-order valence-corrected chi connectivity index (χ1v) is 10.6. The molecule has 1 N–H and O–H groups in total. The second-order valence-electron chi connectivity index (χ2n) is 6.44. The SMILES string of the molecule is COc1cc(C(=O)OCc2csc(CC(=O)NCc3ccccc3)n2)cc(Cl)c1OC. The van der Waals surface area contributed by atoms with E-state index in [0.29, 0.717) is 28.7 Å². The minimum Gasteiger partial charge on any atom is -0.493 e. The van der Waals surface area contributed by atoms with Gasteiger partial charge in [-0.2, -0.15) is 0 Å². The maximum Gasteiger partial charge on any atom is 0.338 e. The molecule has 0 unspecified atom stereocenters. The van der Waals surface area contributed by atoms with Gasteiger partial charge in [-0.15, -0.1) is 11.3 Å². The zero-order chi connectivity index (χ0) is 22.2. The van der Waals surface area contributed by atoms with Crippen molar-refractivity contribution in [3.05, 3.63) is 74.7 Å². The van der Waals surface area contributed by atoms with Crippen LogP contribution in [0, 0.1) is 0 Å². The number of methoxy groups -OCH3 is 2. The number of esters is 1. The predicted molar refractivity (Wildman–Crippen MR) is 118 cm³/mol. The summed E-state index contributed by atoms with van der Waals surface area (Å²) < 4.78 is 15.7. The third-order valence-electron chi connectivity index (χ3n) is 4.26. The number of halogens is 1. The van der Waals surface area contributed by atoms with Crippen LogP contribution >= 0.6 is 22.9 Å². The lowest BCUT2D eigenvalue weighted by molar-refractivity contribution is -0.120. The summed E-state index contributed by atoms with van der Waals surface area (Å²) in [7, 11) is 2.92. The number of hydrogen-bond acceptors (Lipinski definition) is 7. The lowest BCUT2D eigenvalue weighted by atomic mass is 10.2. The van der Waals surface area contributed by atoms with Crippen LogP contribution in [0.5, 0.6) is 11.5 Å². The summed E-state index contributed by atoms with van der Waals surface area (Å²) in [4.78, 5) is 28.9. The van der Waals surface area contributed by atoms with Gasteiger partial charge in [0, 0.05) is 11.9 Å². The van der Waals surface area contributed by atoms with Crippen LogP contribution in [-0.4, -0.2) is 31.1 Å². The number of carbonyl (C=O) groups is 2.